The number of nitrogens with one attached hydrogen (secondary N) is 1. The zero-order valence-corrected chi connectivity index (χ0v) is 11.7. The van der Waals surface area contributed by atoms with Crippen molar-refractivity contribution in [2.45, 2.75) is 6.42 Å². The second kappa shape index (κ2) is 6.70. The quantitative estimate of drug-likeness (QED) is 0.849. The van der Waals surface area contributed by atoms with Crippen molar-refractivity contribution in [1.29, 1.82) is 0 Å². The molecule has 2 N–H and O–H groups in total. The fourth-order valence-electron chi connectivity index (χ4n) is 2.00. The Balaban J connectivity index is 1.94. The van der Waals surface area contributed by atoms with Gasteiger partial charge in [-0.1, -0.05) is 12.1 Å². The third-order valence-corrected chi connectivity index (χ3v) is 3.04. The van der Waals surface area contributed by atoms with Gasteiger partial charge in [0.15, 0.2) is 11.5 Å². The molecule has 0 aliphatic carbocycles. The van der Waals surface area contributed by atoms with E-state index >= 15 is 0 Å². The number of anilines is 1. The van der Waals surface area contributed by atoms with E-state index in [0.29, 0.717) is 0 Å². The summed E-state index contributed by atoms with van der Waals surface area (Å²) in [5.74, 6) is 1.74. The first kappa shape index (κ1) is 14.1. The normalized spacial score (nSPS) is 10.1. The number of phenolic OH excluding ortho intramolecular Hbond substituents is 1. The van der Waals surface area contributed by atoms with Gasteiger partial charge < -0.3 is 19.9 Å². The number of rotatable bonds is 6. The zero-order chi connectivity index (χ0) is 14.4. The van der Waals surface area contributed by atoms with E-state index in [-0.39, 0.29) is 5.75 Å². The van der Waals surface area contributed by atoms with Crippen LogP contribution in [0.5, 0.6) is 17.2 Å². The lowest BCUT2D eigenvalue weighted by Gasteiger charge is -2.10. The summed E-state index contributed by atoms with van der Waals surface area (Å²) in [5.41, 5.74) is 2.07. The van der Waals surface area contributed by atoms with Crippen LogP contribution in [0, 0.1) is 0 Å². The topological polar surface area (TPSA) is 50.7 Å². The van der Waals surface area contributed by atoms with Crippen LogP contribution in [-0.4, -0.2) is 25.9 Å². The largest absolute Gasteiger partial charge is 0.508 e. The van der Waals surface area contributed by atoms with Crippen LogP contribution in [0.3, 0.4) is 0 Å². The molecule has 0 radical (unpaired) electrons. The van der Waals surface area contributed by atoms with E-state index in [0.717, 1.165) is 35.7 Å². The first-order valence-corrected chi connectivity index (χ1v) is 6.46. The average molecular weight is 273 g/mol. The summed E-state index contributed by atoms with van der Waals surface area (Å²) in [4.78, 5) is 0. The van der Waals surface area contributed by atoms with Gasteiger partial charge in [-0.15, -0.1) is 0 Å². The van der Waals surface area contributed by atoms with Crippen LogP contribution in [-0.2, 0) is 6.42 Å². The molecule has 0 unspecified atom stereocenters. The number of methoxy groups -OCH3 is 2. The van der Waals surface area contributed by atoms with Gasteiger partial charge in [0.2, 0.25) is 0 Å². The van der Waals surface area contributed by atoms with E-state index in [9.17, 15) is 5.11 Å². The Morgan fingerprint density at radius 2 is 1.80 bits per heavy atom. The third kappa shape index (κ3) is 3.57. The fraction of sp³-hybridized carbons (Fsp3) is 0.250. The number of phenols is 1. The molecule has 0 fully saturated rings. The van der Waals surface area contributed by atoms with E-state index in [4.69, 9.17) is 9.47 Å². The lowest BCUT2D eigenvalue weighted by atomic mass is 10.1. The lowest BCUT2D eigenvalue weighted by molar-refractivity contribution is 0.354. The van der Waals surface area contributed by atoms with Crippen molar-refractivity contribution in [3.05, 3.63) is 48.0 Å². The van der Waals surface area contributed by atoms with E-state index in [1.54, 1.807) is 26.4 Å². The van der Waals surface area contributed by atoms with E-state index in [2.05, 4.69) is 5.32 Å². The molecule has 2 aromatic rings. The Morgan fingerprint density at radius 3 is 2.50 bits per heavy atom. The smallest absolute Gasteiger partial charge is 0.160 e. The monoisotopic (exact) mass is 273 g/mol. The molecule has 0 spiro atoms. The van der Waals surface area contributed by atoms with Crippen molar-refractivity contribution >= 4 is 5.69 Å². The van der Waals surface area contributed by atoms with Crippen LogP contribution in [0.15, 0.2) is 42.5 Å². The van der Waals surface area contributed by atoms with Gasteiger partial charge in [-0.25, -0.2) is 0 Å². The number of benzene rings is 2. The van der Waals surface area contributed by atoms with Gasteiger partial charge in [-0.05, 0) is 36.2 Å². The maximum atomic E-state index is 9.38. The predicted octanol–water partition coefficient (Wildman–Crippen LogP) is 3.06. The Labute approximate surface area is 119 Å². The van der Waals surface area contributed by atoms with Crippen molar-refractivity contribution in [2.24, 2.45) is 0 Å². The highest BCUT2D eigenvalue weighted by molar-refractivity contribution is 5.48. The van der Waals surface area contributed by atoms with Crippen molar-refractivity contribution in [3.63, 3.8) is 0 Å². The summed E-state index contributed by atoms with van der Waals surface area (Å²) in [6, 6.07) is 13.0. The maximum Gasteiger partial charge on any atom is 0.160 e. The van der Waals surface area contributed by atoms with Gasteiger partial charge in [0.25, 0.3) is 0 Å². The second-order valence-electron chi connectivity index (χ2n) is 4.42. The molecule has 0 atom stereocenters. The van der Waals surface area contributed by atoms with Crippen LogP contribution in [0.4, 0.5) is 5.69 Å². The highest BCUT2D eigenvalue weighted by Crippen LogP contribution is 2.27. The Kier molecular flexibility index (Phi) is 4.71. The Morgan fingerprint density at radius 1 is 1.00 bits per heavy atom. The average Bonchev–Trinajstić information content (AvgIpc) is 2.47. The van der Waals surface area contributed by atoms with Gasteiger partial charge >= 0.3 is 0 Å². The molecule has 4 nitrogen and oxygen atoms in total. The third-order valence-electron chi connectivity index (χ3n) is 3.04. The summed E-state index contributed by atoms with van der Waals surface area (Å²) < 4.78 is 10.5. The summed E-state index contributed by atoms with van der Waals surface area (Å²) >= 11 is 0. The van der Waals surface area contributed by atoms with E-state index in [1.165, 1.54) is 0 Å². The molecule has 0 amide bonds. The van der Waals surface area contributed by atoms with Gasteiger partial charge in [0.05, 0.1) is 14.2 Å². The van der Waals surface area contributed by atoms with Crippen LogP contribution in [0.1, 0.15) is 5.56 Å². The highest BCUT2D eigenvalue weighted by atomic mass is 16.5. The van der Waals surface area contributed by atoms with Crippen molar-refractivity contribution in [1.82, 2.24) is 0 Å². The van der Waals surface area contributed by atoms with Crippen molar-refractivity contribution in [3.8, 4) is 17.2 Å². The summed E-state index contributed by atoms with van der Waals surface area (Å²) in [5, 5.41) is 12.7. The molecule has 2 rings (SSSR count). The van der Waals surface area contributed by atoms with E-state index in [1.807, 2.05) is 30.3 Å². The van der Waals surface area contributed by atoms with Crippen molar-refractivity contribution in [2.75, 3.05) is 26.1 Å². The zero-order valence-electron chi connectivity index (χ0n) is 11.7. The van der Waals surface area contributed by atoms with E-state index < -0.39 is 0 Å². The van der Waals surface area contributed by atoms with Crippen LogP contribution < -0.4 is 14.8 Å². The molecule has 0 saturated heterocycles. The number of hydrogen-bond acceptors (Lipinski definition) is 4. The second-order valence-corrected chi connectivity index (χ2v) is 4.42. The number of ether oxygens (including phenoxy) is 2. The van der Waals surface area contributed by atoms with Gasteiger partial charge in [-0.2, -0.15) is 0 Å². The molecular weight excluding hydrogens is 254 g/mol. The molecule has 0 saturated carbocycles. The molecular formula is C16H19NO3. The van der Waals surface area contributed by atoms with Gasteiger partial charge in [0.1, 0.15) is 5.75 Å². The Bertz CT molecular complexity index is 569. The number of aromatic hydroxyl groups is 1. The summed E-state index contributed by atoms with van der Waals surface area (Å²) in [6.07, 6.45) is 0.857. The van der Waals surface area contributed by atoms with Crippen molar-refractivity contribution < 1.29 is 14.6 Å². The maximum absolute atomic E-state index is 9.38. The predicted molar refractivity (Wildman–Crippen MR) is 79.8 cm³/mol. The Hall–Kier alpha value is -2.36. The molecule has 20 heavy (non-hydrogen) atoms. The molecule has 106 valence electrons. The van der Waals surface area contributed by atoms with Crippen LogP contribution >= 0.6 is 0 Å². The molecule has 4 heteroatoms. The SMILES string of the molecule is COc1ccc(CCNc2cccc(O)c2)cc1OC. The molecule has 0 aliphatic heterocycles. The number of hydrogen-bond donors (Lipinski definition) is 2. The first-order valence-electron chi connectivity index (χ1n) is 6.46. The minimum Gasteiger partial charge on any atom is -0.508 e. The summed E-state index contributed by atoms with van der Waals surface area (Å²) in [6.45, 7) is 0.777. The summed E-state index contributed by atoms with van der Waals surface area (Å²) in [7, 11) is 3.26. The molecule has 0 aliphatic rings. The fourth-order valence-corrected chi connectivity index (χ4v) is 2.00. The van der Waals surface area contributed by atoms with Gasteiger partial charge in [0, 0.05) is 18.3 Å². The van der Waals surface area contributed by atoms with Crippen LogP contribution in [0.2, 0.25) is 0 Å². The van der Waals surface area contributed by atoms with Crippen LogP contribution in [0.25, 0.3) is 0 Å². The standard InChI is InChI=1S/C16H19NO3/c1-19-15-7-6-12(10-16(15)20-2)8-9-17-13-4-3-5-14(18)11-13/h3-7,10-11,17-18H,8-9H2,1-2H3. The molecule has 0 heterocycles. The minimum atomic E-state index is 0.265. The molecule has 0 bridgehead atoms. The lowest BCUT2D eigenvalue weighted by Crippen LogP contribution is -2.05. The molecule has 0 aromatic heterocycles. The minimum absolute atomic E-state index is 0.265. The molecule has 2 aromatic carbocycles. The first-order chi connectivity index (χ1) is 9.72. The van der Waals surface area contributed by atoms with Gasteiger partial charge in [-0.3, -0.25) is 0 Å². The highest BCUT2D eigenvalue weighted by Gasteiger charge is 2.04.